The SMILES string of the molecule is CCCc1ccc(-c2cccc3c2C([Si](C)(C)C2=C(CC)Cc4cccc(-c5ccc(CCC)cc5)c42)=C(CC)C3)cc1. The van der Waals surface area contributed by atoms with Crippen molar-refractivity contribution in [2.45, 2.75) is 92.2 Å². The van der Waals surface area contributed by atoms with E-state index >= 15 is 0 Å². The second-order valence-electron chi connectivity index (χ2n) is 13.2. The molecule has 0 amide bonds. The highest BCUT2D eigenvalue weighted by molar-refractivity contribution is 7.09. The first-order valence-corrected chi connectivity index (χ1v) is 19.8. The van der Waals surface area contributed by atoms with Gasteiger partial charge in [0.15, 0.2) is 0 Å². The molecular formula is C42H48Si. The Hall–Kier alpha value is -3.42. The topological polar surface area (TPSA) is 0 Å². The molecule has 0 unspecified atom stereocenters. The van der Waals surface area contributed by atoms with Crippen LogP contribution in [0.25, 0.3) is 32.6 Å². The summed E-state index contributed by atoms with van der Waals surface area (Å²) in [6, 6.07) is 33.1. The van der Waals surface area contributed by atoms with Crippen LogP contribution in [0.5, 0.6) is 0 Å². The smallest absolute Gasteiger partial charge is 0.0658 e. The van der Waals surface area contributed by atoms with Gasteiger partial charge in [0, 0.05) is 0 Å². The van der Waals surface area contributed by atoms with Crippen molar-refractivity contribution < 1.29 is 0 Å². The van der Waals surface area contributed by atoms with Gasteiger partial charge in [-0.15, -0.1) is 0 Å². The number of hydrogen-bond acceptors (Lipinski definition) is 0. The van der Waals surface area contributed by atoms with Gasteiger partial charge >= 0.3 is 0 Å². The fourth-order valence-corrected chi connectivity index (χ4v) is 12.5. The molecule has 2 aliphatic carbocycles. The van der Waals surface area contributed by atoms with E-state index in [-0.39, 0.29) is 0 Å². The molecule has 0 aliphatic heterocycles. The fourth-order valence-electron chi connectivity index (χ4n) is 8.07. The highest BCUT2D eigenvalue weighted by atomic mass is 28.3. The summed E-state index contributed by atoms with van der Waals surface area (Å²) in [6.07, 6.45) is 9.12. The summed E-state index contributed by atoms with van der Waals surface area (Å²) in [5, 5.41) is 3.42. The Kier molecular flexibility index (Phi) is 8.47. The average Bonchev–Trinajstić information content (AvgIpc) is 3.62. The minimum Gasteiger partial charge on any atom is -0.0658 e. The summed E-state index contributed by atoms with van der Waals surface area (Å²) in [5.41, 5.74) is 17.9. The summed E-state index contributed by atoms with van der Waals surface area (Å²) in [6.45, 7) is 14.6. The van der Waals surface area contributed by atoms with Gasteiger partial charge in [-0.2, -0.15) is 0 Å². The molecule has 2 aliphatic rings. The van der Waals surface area contributed by atoms with Crippen LogP contribution in [0.3, 0.4) is 0 Å². The van der Waals surface area contributed by atoms with Gasteiger partial charge < -0.3 is 0 Å². The summed E-state index contributed by atoms with van der Waals surface area (Å²) >= 11 is 0. The highest BCUT2D eigenvalue weighted by Crippen LogP contribution is 2.53. The van der Waals surface area contributed by atoms with Crippen molar-refractivity contribution >= 4 is 18.5 Å². The van der Waals surface area contributed by atoms with E-state index in [9.17, 15) is 0 Å². The molecule has 0 saturated carbocycles. The van der Waals surface area contributed by atoms with Gasteiger partial charge in [-0.05, 0) is 105 Å². The van der Waals surface area contributed by atoms with E-state index in [0.29, 0.717) is 0 Å². The largest absolute Gasteiger partial charge is 0.113 e. The van der Waals surface area contributed by atoms with E-state index in [1.165, 1.54) is 57.3 Å². The summed E-state index contributed by atoms with van der Waals surface area (Å²) in [4.78, 5) is 0. The zero-order valence-corrected chi connectivity index (χ0v) is 28.2. The maximum absolute atomic E-state index is 2.66. The van der Waals surface area contributed by atoms with Crippen LogP contribution in [-0.4, -0.2) is 8.07 Å². The number of allylic oxidation sites excluding steroid dienone is 2. The Morgan fingerprint density at radius 1 is 0.512 bits per heavy atom. The first-order valence-electron chi connectivity index (χ1n) is 16.8. The second-order valence-corrected chi connectivity index (χ2v) is 17.5. The molecule has 220 valence electrons. The lowest BCUT2D eigenvalue weighted by molar-refractivity contribution is 0.922. The molecule has 43 heavy (non-hydrogen) atoms. The van der Waals surface area contributed by atoms with Gasteiger partial charge in [0.1, 0.15) is 8.07 Å². The van der Waals surface area contributed by atoms with Gasteiger partial charge in [0.25, 0.3) is 0 Å². The number of fused-ring (bicyclic) bond motifs is 2. The van der Waals surface area contributed by atoms with E-state index < -0.39 is 8.07 Å². The third-order valence-electron chi connectivity index (χ3n) is 10.0. The average molecular weight is 581 g/mol. The molecule has 0 fully saturated rings. The molecule has 0 heterocycles. The number of hydrogen-bond donors (Lipinski definition) is 0. The molecule has 0 saturated heterocycles. The van der Waals surface area contributed by atoms with Crippen LogP contribution in [0.1, 0.15) is 86.8 Å². The van der Waals surface area contributed by atoms with Crippen LogP contribution < -0.4 is 0 Å². The lowest BCUT2D eigenvalue weighted by Gasteiger charge is -2.32. The predicted molar refractivity (Wildman–Crippen MR) is 191 cm³/mol. The van der Waals surface area contributed by atoms with E-state index in [1.807, 2.05) is 0 Å². The molecule has 0 nitrogen and oxygen atoms in total. The third kappa shape index (κ3) is 5.31. The van der Waals surface area contributed by atoms with E-state index in [2.05, 4.69) is 126 Å². The lowest BCUT2D eigenvalue weighted by Crippen LogP contribution is -2.32. The molecular weight excluding hydrogens is 533 g/mol. The number of rotatable bonds is 10. The summed E-state index contributed by atoms with van der Waals surface area (Å²) in [7, 11) is -2.12. The Morgan fingerprint density at radius 2 is 0.907 bits per heavy atom. The van der Waals surface area contributed by atoms with Crippen LogP contribution in [0.2, 0.25) is 13.1 Å². The van der Waals surface area contributed by atoms with Crippen molar-refractivity contribution in [3.05, 3.63) is 129 Å². The van der Waals surface area contributed by atoms with Crippen molar-refractivity contribution in [2.75, 3.05) is 0 Å². The molecule has 4 aromatic carbocycles. The molecule has 0 N–H and O–H groups in total. The molecule has 0 radical (unpaired) electrons. The predicted octanol–water partition coefficient (Wildman–Crippen LogP) is 11.9. The molecule has 0 atom stereocenters. The van der Waals surface area contributed by atoms with Crippen molar-refractivity contribution in [1.82, 2.24) is 0 Å². The normalized spacial score (nSPS) is 14.5. The molecule has 0 aromatic heterocycles. The van der Waals surface area contributed by atoms with E-state index in [1.54, 1.807) is 32.7 Å². The molecule has 1 heteroatoms. The van der Waals surface area contributed by atoms with Crippen LogP contribution in [-0.2, 0) is 25.7 Å². The van der Waals surface area contributed by atoms with Crippen molar-refractivity contribution in [3.8, 4) is 22.3 Å². The summed E-state index contributed by atoms with van der Waals surface area (Å²) < 4.78 is 0. The van der Waals surface area contributed by atoms with Gasteiger partial charge in [-0.3, -0.25) is 0 Å². The molecule has 0 bridgehead atoms. The van der Waals surface area contributed by atoms with Gasteiger partial charge in [-0.1, -0.05) is 150 Å². The van der Waals surface area contributed by atoms with Gasteiger partial charge in [-0.25, -0.2) is 0 Å². The van der Waals surface area contributed by atoms with Crippen molar-refractivity contribution in [3.63, 3.8) is 0 Å². The van der Waals surface area contributed by atoms with Crippen LogP contribution in [0.4, 0.5) is 0 Å². The third-order valence-corrected chi connectivity index (χ3v) is 13.7. The van der Waals surface area contributed by atoms with Crippen LogP contribution >= 0.6 is 0 Å². The van der Waals surface area contributed by atoms with E-state index in [0.717, 1.165) is 38.5 Å². The standard InChI is InChI=1S/C42H48Si/c1-7-13-29-19-23-33(24-20-29)37-17-11-15-35-27-31(9-3)41(39(35)37)43(5,6)42-32(10-4)28-36-16-12-18-38(40(36)42)34-25-21-30(14-8-2)22-26-34/h11-12,15-26H,7-10,13-14,27-28H2,1-6H3. The molecule has 0 spiro atoms. The van der Waals surface area contributed by atoms with Gasteiger partial charge in [0.2, 0.25) is 0 Å². The Bertz CT molecular complexity index is 1570. The highest BCUT2D eigenvalue weighted by Gasteiger charge is 2.43. The first kappa shape index (κ1) is 29.6. The minimum atomic E-state index is -2.12. The quantitative estimate of drug-likeness (QED) is 0.164. The second kappa shape index (κ2) is 12.3. The number of benzene rings is 4. The Balaban J connectivity index is 1.51. The lowest BCUT2D eigenvalue weighted by atomic mass is 9.95. The molecule has 4 aromatic rings. The Labute approximate surface area is 261 Å². The van der Waals surface area contributed by atoms with Crippen molar-refractivity contribution in [2.24, 2.45) is 0 Å². The fraction of sp³-hybridized carbons (Fsp3) is 0.333. The molecule has 6 rings (SSSR count). The monoisotopic (exact) mass is 580 g/mol. The van der Waals surface area contributed by atoms with Crippen molar-refractivity contribution in [1.29, 1.82) is 0 Å². The van der Waals surface area contributed by atoms with Gasteiger partial charge in [0.05, 0.1) is 0 Å². The van der Waals surface area contributed by atoms with Crippen LogP contribution in [0, 0.1) is 0 Å². The maximum atomic E-state index is 2.66. The van der Waals surface area contributed by atoms with E-state index in [4.69, 9.17) is 0 Å². The zero-order valence-electron chi connectivity index (χ0n) is 27.2. The number of aryl methyl sites for hydroxylation is 2. The minimum absolute atomic E-state index is 1.10. The first-order chi connectivity index (χ1) is 20.9. The van der Waals surface area contributed by atoms with Crippen LogP contribution in [0.15, 0.2) is 96.1 Å². The zero-order chi connectivity index (χ0) is 30.1. The Morgan fingerprint density at radius 3 is 1.26 bits per heavy atom. The maximum Gasteiger partial charge on any atom is 0.113 e. The summed E-state index contributed by atoms with van der Waals surface area (Å²) in [5.74, 6) is 0.